The highest BCUT2D eigenvalue weighted by Crippen LogP contribution is 2.24. The maximum atomic E-state index is 13.1. The van der Waals surface area contributed by atoms with Crippen molar-refractivity contribution in [2.45, 2.75) is 6.54 Å². The van der Waals surface area contributed by atoms with Crippen molar-refractivity contribution in [1.82, 2.24) is 0 Å². The van der Waals surface area contributed by atoms with E-state index in [-0.39, 0.29) is 11.5 Å². The van der Waals surface area contributed by atoms with Crippen LogP contribution < -0.4 is 5.32 Å². The van der Waals surface area contributed by atoms with Crippen molar-refractivity contribution in [2.75, 3.05) is 5.32 Å². The first kappa shape index (κ1) is 14.7. The number of non-ortho nitro benzene ring substituents is 1. The van der Waals surface area contributed by atoms with Crippen LogP contribution in [0.3, 0.4) is 0 Å². The minimum atomic E-state index is -0.500. The van der Waals surface area contributed by atoms with E-state index in [0.717, 1.165) is 5.56 Å². The van der Waals surface area contributed by atoms with Crippen LogP contribution in [0.1, 0.15) is 5.56 Å². The summed E-state index contributed by atoms with van der Waals surface area (Å²) < 4.78 is 13.4. The minimum Gasteiger partial charge on any atom is -0.381 e. The number of benzene rings is 2. The predicted octanol–water partition coefficient (Wildman–Crippen LogP) is 4.76. The fourth-order valence-electron chi connectivity index (χ4n) is 1.60. The molecule has 0 bridgehead atoms. The zero-order valence-electron chi connectivity index (χ0n) is 10.1. The number of hydrogen-bond acceptors (Lipinski definition) is 3. The van der Waals surface area contributed by atoms with Crippen LogP contribution in [0.25, 0.3) is 0 Å². The zero-order valence-corrected chi connectivity index (χ0v) is 12.4. The van der Waals surface area contributed by atoms with Crippen molar-refractivity contribution in [3.8, 4) is 0 Å². The van der Waals surface area contributed by atoms with Crippen molar-refractivity contribution in [2.24, 2.45) is 0 Å². The highest BCUT2D eigenvalue weighted by Gasteiger charge is 2.09. The molecule has 0 saturated carbocycles. The van der Waals surface area contributed by atoms with Crippen LogP contribution in [0.5, 0.6) is 0 Å². The number of rotatable bonds is 4. The summed E-state index contributed by atoms with van der Waals surface area (Å²) in [6.45, 7) is 0.384. The van der Waals surface area contributed by atoms with Crippen molar-refractivity contribution in [3.05, 3.63) is 67.4 Å². The number of nitro benzene ring substituents is 1. The largest absolute Gasteiger partial charge is 0.381 e. The Bertz CT molecular complexity index is 667. The molecule has 2 rings (SSSR count). The van der Waals surface area contributed by atoms with Gasteiger partial charge in [0.2, 0.25) is 0 Å². The van der Waals surface area contributed by atoms with Gasteiger partial charge in [-0.2, -0.15) is 0 Å². The minimum absolute atomic E-state index is 0.0525. The summed E-state index contributed by atoms with van der Waals surface area (Å²) >= 11 is 9.08. The molecule has 0 spiro atoms. The van der Waals surface area contributed by atoms with Crippen LogP contribution in [0, 0.1) is 15.9 Å². The van der Waals surface area contributed by atoms with Gasteiger partial charge < -0.3 is 5.32 Å². The van der Waals surface area contributed by atoms with Crippen molar-refractivity contribution in [1.29, 1.82) is 0 Å². The molecule has 0 fully saturated rings. The summed E-state index contributed by atoms with van der Waals surface area (Å²) in [5.41, 5.74) is 1.38. The quantitative estimate of drug-likeness (QED) is 0.632. The molecule has 7 heteroatoms. The number of nitrogens with one attached hydrogen (secondary N) is 1. The van der Waals surface area contributed by atoms with Crippen LogP contribution in [0.4, 0.5) is 15.8 Å². The second kappa shape index (κ2) is 6.19. The maximum absolute atomic E-state index is 13.1. The van der Waals surface area contributed by atoms with Gasteiger partial charge in [0.15, 0.2) is 0 Å². The molecule has 0 aromatic heterocycles. The third kappa shape index (κ3) is 3.46. The fraction of sp³-hybridized carbons (Fsp3) is 0.0769. The molecule has 0 amide bonds. The molecule has 2 aromatic carbocycles. The molecule has 0 atom stereocenters. The monoisotopic (exact) mass is 358 g/mol. The lowest BCUT2D eigenvalue weighted by Crippen LogP contribution is -2.01. The van der Waals surface area contributed by atoms with Crippen molar-refractivity contribution in [3.63, 3.8) is 0 Å². The third-order valence-corrected chi connectivity index (χ3v) is 3.61. The Morgan fingerprint density at radius 3 is 2.65 bits per heavy atom. The zero-order chi connectivity index (χ0) is 14.7. The lowest BCUT2D eigenvalue weighted by Gasteiger charge is -2.08. The van der Waals surface area contributed by atoms with E-state index in [0.29, 0.717) is 21.7 Å². The maximum Gasteiger partial charge on any atom is 0.270 e. The third-order valence-electron chi connectivity index (χ3n) is 2.65. The van der Waals surface area contributed by atoms with E-state index in [9.17, 15) is 14.5 Å². The van der Waals surface area contributed by atoms with Crippen LogP contribution in [-0.2, 0) is 6.54 Å². The van der Waals surface area contributed by atoms with E-state index in [1.54, 1.807) is 18.2 Å². The molecule has 1 N–H and O–H groups in total. The Balaban J connectivity index is 2.10. The average molecular weight is 360 g/mol. The summed E-state index contributed by atoms with van der Waals surface area (Å²) in [4.78, 5) is 10.1. The lowest BCUT2D eigenvalue weighted by atomic mass is 10.2. The Morgan fingerprint density at radius 1 is 1.30 bits per heavy atom. The smallest absolute Gasteiger partial charge is 0.270 e. The topological polar surface area (TPSA) is 55.2 Å². The van der Waals surface area contributed by atoms with Gasteiger partial charge in [-0.1, -0.05) is 11.6 Å². The number of nitro groups is 1. The number of nitrogens with zero attached hydrogens (tertiary/aromatic N) is 1. The van der Waals surface area contributed by atoms with E-state index < -0.39 is 4.92 Å². The summed E-state index contributed by atoms with van der Waals surface area (Å²) in [6.07, 6.45) is 0. The molecule has 0 radical (unpaired) electrons. The Morgan fingerprint density at radius 2 is 2.05 bits per heavy atom. The van der Waals surface area contributed by atoms with Crippen LogP contribution in [0.2, 0.25) is 5.02 Å². The SMILES string of the molecule is O=[N+]([O-])c1ccc(CNc2ccc(F)c(Br)c2)c(Cl)c1. The molecule has 20 heavy (non-hydrogen) atoms. The highest BCUT2D eigenvalue weighted by atomic mass is 79.9. The number of hydrogen-bond donors (Lipinski definition) is 1. The second-order valence-electron chi connectivity index (χ2n) is 4.02. The first-order chi connectivity index (χ1) is 9.47. The molecule has 2 aromatic rings. The van der Waals surface area contributed by atoms with Crippen molar-refractivity contribution < 1.29 is 9.31 Å². The molecule has 4 nitrogen and oxygen atoms in total. The van der Waals surface area contributed by atoms with Gasteiger partial charge >= 0.3 is 0 Å². The van der Waals surface area contributed by atoms with Gasteiger partial charge in [0, 0.05) is 24.4 Å². The molecule has 0 aliphatic carbocycles. The van der Waals surface area contributed by atoms with Gasteiger partial charge in [-0.05, 0) is 45.8 Å². The average Bonchev–Trinajstić information content (AvgIpc) is 2.41. The van der Waals surface area contributed by atoms with Gasteiger partial charge in [0.25, 0.3) is 5.69 Å². The van der Waals surface area contributed by atoms with Crippen LogP contribution in [0.15, 0.2) is 40.9 Å². The Hall–Kier alpha value is -1.66. The molecule has 0 heterocycles. The van der Waals surface area contributed by atoms with Crippen LogP contribution in [-0.4, -0.2) is 4.92 Å². The normalized spacial score (nSPS) is 10.3. The first-order valence-electron chi connectivity index (χ1n) is 5.59. The Kier molecular flexibility index (Phi) is 4.57. The fourth-order valence-corrected chi connectivity index (χ4v) is 2.22. The summed E-state index contributed by atoms with van der Waals surface area (Å²) in [5.74, 6) is -0.344. The van der Waals surface area contributed by atoms with Gasteiger partial charge in [-0.3, -0.25) is 10.1 Å². The number of anilines is 1. The van der Waals surface area contributed by atoms with Gasteiger partial charge in [0.1, 0.15) is 5.82 Å². The standard InChI is InChI=1S/C13H9BrClFN2O2/c14-11-5-9(2-4-13(11)16)17-7-8-1-3-10(18(19)20)6-12(8)15/h1-6,17H,7H2. The molecule has 0 unspecified atom stereocenters. The van der Waals surface area contributed by atoms with Gasteiger partial charge in [-0.15, -0.1) is 0 Å². The van der Waals surface area contributed by atoms with Gasteiger partial charge in [0.05, 0.1) is 14.4 Å². The van der Waals surface area contributed by atoms with E-state index >= 15 is 0 Å². The lowest BCUT2D eigenvalue weighted by molar-refractivity contribution is -0.384. The first-order valence-corrected chi connectivity index (χ1v) is 6.76. The highest BCUT2D eigenvalue weighted by molar-refractivity contribution is 9.10. The molecule has 0 aliphatic heterocycles. The molecular weight excluding hydrogens is 351 g/mol. The van der Waals surface area contributed by atoms with E-state index in [1.165, 1.54) is 18.2 Å². The van der Waals surface area contributed by atoms with E-state index in [2.05, 4.69) is 21.2 Å². The summed E-state index contributed by atoms with van der Waals surface area (Å²) in [6, 6.07) is 8.83. The van der Waals surface area contributed by atoms with Gasteiger partial charge in [-0.25, -0.2) is 4.39 Å². The molecular formula is C13H9BrClFN2O2. The second-order valence-corrected chi connectivity index (χ2v) is 5.28. The van der Waals surface area contributed by atoms with E-state index in [1.807, 2.05) is 0 Å². The molecule has 104 valence electrons. The summed E-state index contributed by atoms with van der Waals surface area (Å²) in [7, 11) is 0. The number of halogens is 3. The van der Waals surface area contributed by atoms with E-state index in [4.69, 9.17) is 11.6 Å². The molecule has 0 aliphatic rings. The summed E-state index contributed by atoms with van der Waals surface area (Å²) in [5, 5.41) is 14.0. The Labute approximate surface area is 127 Å². The van der Waals surface area contributed by atoms with Crippen molar-refractivity contribution >= 4 is 38.9 Å². The molecule has 0 saturated heterocycles. The predicted molar refractivity (Wildman–Crippen MR) is 79.5 cm³/mol. The van der Waals surface area contributed by atoms with Crippen LogP contribution >= 0.6 is 27.5 Å².